The fraction of sp³-hybridized carbons (Fsp3) is 0.364. The van der Waals surface area contributed by atoms with E-state index in [9.17, 15) is 9.59 Å². The van der Waals surface area contributed by atoms with Gasteiger partial charge < -0.3 is 10.1 Å². The highest BCUT2D eigenvalue weighted by atomic mass is 16.4. The Labute approximate surface area is 96.9 Å². The molecule has 0 atom stereocenters. The van der Waals surface area contributed by atoms with Crippen molar-refractivity contribution in [2.45, 2.75) is 26.3 Å². The maximum atomic E-state index is 11.9. The van der Waals surface area contributed by atoms with Crippen LogP contribution in [0.3, 0.4) is 0 Å². The number of pyridine rings is 1. The van der Waals surface area contributed by atoms with Gasteiger partial charge in [-0.2, -0.15) is 5.10 Å². The van der Waals surface area contributed by atoms with Gasteiger partial charge in [0.2, 0.25) is 5.43 Å². The predicted octanol–water partition coefficient (Wildman–Crippen LogP) is 1.18. The molecule has 0 aliphatic heterocycles. The molecule has 0 bridgehead atoms. The van der Waals surface area contributed by atoms with Crippen molar-refractivity contribution in [1.82, 2.24) is 14.8 Å². The first-order chi connectivity index (χ1) is 7.82. The van der Waals surface area contributed by atoms with Crippen molar-refractivity contribution in [1.29, 1.82) is 0 Å². The number of rotatable bonds is 1. The zero-order chi connectivity index (χ0) is 12.8. The van der Waals surface area contributed by atoms with E-state index in [0.29, 0.717) is 11.0 Å². The van der Waals surface area contributed by atoms with Crippen LogP contribution in [0.5, 0.6) is 0 Å². The third kappa shape index (κ3) is 1.71. The van der Waals surface area contributed by atoms with Gasteiger partial charge in [0, 0.05) is 6.20 Å². The minimum atomic E-state index is -1.24. The molecule has 0 unspecified atom stereocenters. The van der Waals surface area contributed by atoms with Crippen molar-refractivity contribution in [2.24, 2.45) is 0 Å². The van der Waals surface area contributed by atoms with Crippen LogP contribution < -0.4 is 5.43 Å². The third-order valence-corrected chi connectivity index (χ3v) is 2.48. The number of carboxylic acids is 1. The van der Waals surface area contributed by atoms with Crippen LogP contribution in [0.1, 0.15) is 31.1 Å². The Morgan fingerprint density at radius 3 is 2.65 bits per heavy atom. The number of hydrogen-bond donors (Lipinski definition) is 2. The van der Waals surface area contributed by atoms with Crippen LogP contribution in [0.25, 0.3) is 11.0 Å². The first kappa shape index (κ1) is 11.4. The molecule has 0 saturated carbocycles. The van der Waals surface area contributed by atoms with Crippen LogP contribution in [-0.4, -0.2) is 25.8 Å². The highest BCUT2D eigenvalue weighted by molar-refractivity contribution is 5.91. The molecule has 2 rings (SSSR count). The summed E-state index contributed by atoms with van der Waals surface area (Å²) in [5.74, 6) is -1.24. The number of H-pyrrole nitrogens is 1. The first-order valence-corrected chi connectivity index (χ1v) is 5.15. The van der Waals surface area contributed by atoms with Gasteiger partial charge in [-0.15, -0.1) is 0 Å². The van der Waals surface area contributed by atoms with Crippen LogP contribution in [-0.2, 0) is 5.54 Å². The highest BCUT2D eigenvalue weighted by Crippen LogP contribution is 2.18. The van der Waals surface area contributed by atoms with E-state index in [4.69, 9.17) is 5.11 Å². The maximum absolute atomic E-state index is 11.9. The number of aromatic carboxylic acids is 1. The topological polar surface area (TPSA) is 88.0 Å². The molecule has 2 aromatic heterocycles. The molecular formula is C11H13N3O3. The quantitative estimate of drug-likeness (QED) is 0.776. The number of nitrogens with zero attached hydrogens (tertiary/aromatic N) is 2. The van der Waals surface area contributed by atoms with Crippen LogP contribution in [0.15, 0.2) is 17.2 Å². The van der Waals surface area contributed by atoms with Crippen molar-refractivity contribution < 1.29 is 9.90 Å². The Balaban J connectivity index is 2.80. The van der Waals surface area contributed by atoms with Gasteiger partial charge in [0.1, 0.15) is 11.2 Å². The number of carbonyl (C=O) groups is 1. The number of hydrogen-bond acceptors (Lipinski definition) is 3. The van der Waals surface area contributed by atoms with Gasteiger partial charge in [0.05, 0.1) is 17.1 Å². The normalized spacial score (nSPS) is 11.9. The van der Waals surface area contributed by atoms with Crippen molar-refractivity contribution in [2.75, 3.05) is 0 Å². The fourth-order valence-electron chi connectivity index (χ4n) is 1.67. The molecule has 6 heteroatoms. The summed E-state index contributed by atoms with van der Waals surface area (Å²) in [4.78, 5) is 25.5. The largest absolute Gasteiger partial charge is 0.477 e. The Kier molecular flexibility index (Phi) is 2.30. The highest BCUT2D eigenvalue weighted by Gasteiger charge is 2.20. The summed E-state index contributed by atoms with van der Waals surface area (Å²) >= 11 is 0. The molecule has 2 aromatic rings. The number of aromatic amines is 1. The van der Waals surface area contributed by atoms with E-state index >= 15 is 0 Å². The first-order valence-electron chi connectivity index (χ1n) is 5.15. The summed E-state index contributed by atoms with van der Waals surface area (Å²) in [7, 11) is 0. The Morgan fingerprint density at radius 1 is 1.47 bits per heavy atom. The van der Waals surface area contributed by atoms with Crippen molar-refractivity contribution >= 4 is 17.0 Å². The summed E-state index contributed by atoms with van der Waals surface area (Å²) < 4.78 is 1.66. The van der Waals surface area contributed by atoms with E-state index in [1.54, 1.807) is 4.68 Å². The molecule has 0 saturated heterocycles. The summed E-state index contributed by atoms with van der Waals surface area (Å²) in [5.41, 5.74) is -0.532. The fourth-order valence-corrected chi connectivity index (χ4v) is 1.67. The summed E-state index contributed by atoms with van der Waals surface area (Å²) in [6.45, 7) is 5.84. The molecule has 0 aliphatic rings. The second-order valence-corrected chi connectivity index (χ2v) is 4.83. The molecule has 0 amide bonds. The molecule has 2 N–H and O–H groups in total. The lowest BCUT2D eigenvalue weighted by Crippen LogP contribution is -2.24. The SMILES string of the molecule is CC(C)(C)n1ncc2c(=O)c(C(=O)O)c[nH]c21. The van der Waals surface area contributed by atoms with E-state index in [1.165, 1.54) is 12.4 Å². The molecule has 0 fully saturated rings. The smallest absolute Gasteiger partial charge is 0.341 e. The molecule has 0 aromatic carbocycles. The minimum absolute atomic E-state index is 0.272. The van der Waals surface area contributed by atoms with Gasteiger partial charge in [0.25, 0.3) is 0 Å². The molecule has 2 heterocycles. The summed E-state index contributed by atoms with van der Waals surface area (Å²) in [5, 5.41) is 13.3. The molecule has 0 spiro atoms. The lowest BCUT2D eigenvalue weighted by molar-refractivity contribution is 0.0695. The Bertz CT molecular complexity index is 646. The molecule has 17 heavy (non-hydrogen) atoms. The maximum Gasteiger partial charge on any atom is 0.341 e. The molecular weight excluding hydrogens is 222 g/mol. The second-order valence-electron chi connectivity index (χ2n) is 4.83. The van der Waals surface area contributed by atoms with Gasteiger partial charge >= 0.3 is 5.97 Å². The van der Waals surface area contributed by atoms with Crippen LogP contribution in [0, 0.1) is 0 Å². The molecule has 0 radical (unpaired) electrons. The van der Waals surface area contributed by atoms with Crippen molar-refractivity contribution in [3.05, 3.63) is 28.2 Å². The van der Waals surface area contributed by atoms with Gasteiger partial charge in [-0.05, 0) is 20.8 Å². The van der Waals surface area contributed by atoms with E-state index in [2.05, 4.69) is 10.1 Å². The zero-order valence-corrected chi connectivity index (χ0v) is 9.81. The minimum Gasteiger partial charge on any atom is -0.477 e. The van der Waals surface area contributed by atoms with E-state index in [0.717, 1.165) is 0 Å². The van der Waals surface area contributed by atoms with E-state index in [-0.39, 0.29) is 11.1 Å². The van der Waals surface area contributed by atoms with Gasteiger partial charge in [-0.25, -0.2) is 9.48 Å². The zero-order valence-electron chi connectivity index (χ0n) is 9.81. The van der Waals surface area contributed by atoms with E-state index < -0.39 is 11.4 Å². The van der Waals surface area contributed by atoms with Gasteiger partial charge in [-0.3, -0.25) is 4.79 Å². The monoisotopic (exact) mass is 235 g/mol. The Hall–Kier alpha value is -2.11. The average molecular weight is 235 g/mol. The summed E-state index contributed by atoms with van der Waals surface area (Å²) in [6, 6.07) is 0. The third-order valence-electron chi connectivity index (χ3n) is 2.48. The molecule has 6 nitrogen and oxygen atoms in total. The average Bonchev–Trinajstić information content (AvgIpc) is 2.61. The second kappa shape index (κ2) is 3.44. The lowest BCUT2D eigenvalue weighted by Gasteiger charge is -2.19. The van der Waals surface area contributed by atoms with Gasteiger partial charge in [0.15, 0.2) is 0 Å². The van der Waals surface area contributed by atoms with Gasteiger partial charge in [-0.1, -0.05) is 0 Å². The van der Waals surface area contributed by atoms with Crippen LogP contribution >= 0.6 is 0 Å². The number of carboxylic acid groups (broad SMARTS) is 1. The van der Waals surface area contributed by atoms with E-state index in [1.807, 2.05) is 20.8 Å². The molecule has 0 aliphatic carbocycles. The Morgan fingerprint density at radius 2 is 2.12 bits per heavy atom. The number of fused-ring (bicyclic) bond motifs is 1. The summed E-state index contributed by atoms with van der Waals surface area (Å²) in [6.07, 6.45) is 2.60. The van der Waals surface area contributed by atoms with Crippen LogP contribution in [0.2, 0.25) is 0 Å². The van der Waals surface area contributed by atoms with Crippen molar-refractivity contribution in [3.8, 4) is 0 Å². The predicted molar refractivity (Wildman–Crippen MR) is 62.3 cm³/mol. The number of nitrogens with one attached hydrogen (secondary N) is 1. The standard InChI is InChI=1S/C11H13N3O3/c1-11(2,3)14-9-6(5-13-14)8(15)7(4-12-9)10(16)17/h4-5H,1-3H3,(H,12,15)(H,16,17). The van der Waals surface area contributed by atoms with Crippen molar-refractivity contribution in [3.63, 3.8) is 0 Å². The lowest BCUT2D eigenvalue weighted by atomic mass is 10.1. The number of aromatic nitrogens is 3. The van der Waals surface area contributed by atoms with Crippen LogP contribution in [0.4, 0.5) is 0 Å². The molecule has 90 valence electrons.